The fourth-order valence-electron chi connectivity index (χ4n) is 1.69. The number of ether oxygens (including phenoxy) is 1. The van der Waals surface area contributed by atoms with Gasteiger partial charge in [-0.05, 0) is 42.8 Å². The van der Waals surface area contributed by atoms with Crippen molar-refractivity contribution in [2.24, 2.45) is 0 Å². The van der Waals surface area contributed by atoms with Crippen LogP contribution >= 0.6 is 11.8 Å². The van der Waals surface area contributed by atoms with Crippen LogP contribution in [0.5, 0.6) is 5.75 Å². The summed E-state index contributed by atoms with van der Waals surface area (Å²) in [5, 5.41) is 0. The maximum absolute atomic E-state index is 12.2. The van der Waals surface area contributed by atoms with E-state index in [0.717, 1.165) is 15.7 Å². The van der Waals surface area contributed by atoms with Crippen LogP contribution in [0.4, 0.5) is 5.69 Å². The number of aromatic nitrogens is 1. The average Bonchev–Trinajstić information content (AvgIpc) is 2.46. The van der Waals surface area contributed by atoms with Crippen molar-refractivity contribution < 1.29 is 9.53 Å². The Morgan fingerprint density at radius 1 is 1.37 bits per heavy atom. The number of carbonyl (C=O) groups excluding carboxylic acids is 1. The summed E-state index contributed by atoms with van der Waals surface area (Å²) in [6, 6.07) is 8.69. The van der Waals surface area contributed by atoms with Crippen molar-refractivity contribution in [1.29, 1.82) is 0 Å². The number of halogens is 1. The van der Waals surface area contributed by atoms with E-state index in [1.165, 1.54) is 6.20 Å². The molecule has 0 radical (unpaired) electrons. The molecule has 0 unspecified atom stereocenters. The van der Waals surface area contributed by atoms with Crippen molar-refractivity contribution in [3.63, 3.8) is 0 Å². The van der Waals surface area contributed by atoms with E-state index in [4.69, 9.17) is 16.5 Å². The maximum atomic E-state index is 12.2. The first-order valence-corrected chi connectivity index (χ1v) is 6.02. The van der Waals surface area contributed by atoms with Gasteiger partial charge in [0, 0.05) is 24.2 Å². The minimum absolute atomic E-state index is 0.317. The number of amides is 1. The molecule has 1 aromatic heterocycles. The van der Waals surface area contributed by atoms with Crippen LogP contribution in [0, 0.1) is 6.92 Å². The van der Waals surface area contributed by atoms with Crippen molar-refractivity contribution in [3.8, 4) is 5.75 Å². The first kappa shape index (κ1) is 13.4. The number of anilines is 1. The van der Waals surface area contributed by atoms with Crippen molar-refractivity contribution in [1.82, 2.24) is 4.98 Å². The molecule has 1 amide bonds. The van der Waals surface area contributed by atoms with Crippen LogP contribution in [0.1, 0.15) is 15.9 Å². The Hall–Kier alpha value is -2.07. The topological polar surface area (TPSA) is 42.4 Å². The van der Waals surface area contributed by atoms with Crippen LogP contribution in [0.3, 0.4) is 0 Å². The fraction of sp³-hybridized carbons (Fsp3) is 0.143. The van der Waals surface area contributed by atoms with Gasteiger partial charge in [-0.25, -0.2) is 4.42 Å². The smallest absolute Gasteiger partial charge is 0.274 e. The Bertz CT molecular complexity index is 587. The van der Waals surface area contributed by atoms with E-state index in [1.54, 1.807) is 37.6 Å². The fourth-order valence-corrected chi connectivity index (χ4v) is 1.97. The lowest BCUT2D eigenvalue weighted by molar-refractivity contribution is 0.100. The van der Waals surface area contributed by atoms with E-state index in [0.29, 0.717) is 11.3 Å². The average molecular weight is 277 g/mol. The third-order valence-electron chi connectivity index (χ3n) is 2.70. The molecule has 19 heavy (non-hydrogen) atoms. The summed E-state index contributed by atoms with van der Waals surface area (Å²) in [6.45, 7) is 1.86. The van der Waals surface area contributed by atoms with E-state index in [9.17, 15) is 4.79 Å². The summed E-state index contributed by atoms with van der Waals surface area (Å²) in [7, 11) is 1.59. The second kappa shape index (κ2) is 5.71. The zero-order valence-electron chi connectivity index (χ0n) is 10.6. The Kier molecular flexibility index (Phi) is 4.02. The molecule has 5 heteroatoms. The number of hydrogen-bond donors (Lipinski definition) is 0. The molecule has 0 aliphatic rings. The van der Waals surface area contributed by atoms with Crippen LogP contribution in [0.15, 0.2) is 42.7 Å². The molecule has 2 aromatic rings. The van der Waals surface area contributed by atoms with Crippen LogP contribution < -0.4 is 9.16 Å². The van der Waals surface area contributed by atoms with Gasteiger partial charge in [0.25, 0.3) is 5.91 Å². The third kappa shape index (κ3) is 2.85. The highest BCUT2D eigenvalue weighted by Crippen LogP contribution is 2.27. The van der Waals surface area contributed by atoms with Crippen LogP contribution in [-0.2, 0) is 0 Å². The zero-order chi connectivity index (χ0) is 13.8. The molecular formula is C14H13ClN2O2. The molecule has 0 saturated carbocycles. The Balaban J connectivity index is 2.29. The molecule has 0 spiro atoms. The highest BCUT2D eigenvalue weighted by atomic mass is 35.5. The molecule has 1 heterocycles. The molecule has 0 aliphatic heterocycles. The van der Waals surface area contributed by atoms with Crippen molar-refractivity contribution >= 4 is 23.4 Å². The summed E-state index contributed by atoms with van der Waals surface area (Å²) in [6.07, 6.45) is 3.09. The minimum atomic E-state index is -0.317. The van der Waals surface area contributed by atoms with E-state index < -0.39 is 0 Å². The summed E-state index contributed by atoms with van der Waals surface area (Å²) < 4.78 is 6.21. The number of pyridine rings is 1. The first-order chi connectivity index (χ1) is 9.13. The Labute approximate surface area is 116 Å². The predicted octanol–water partition coefficient (Wildman–Crippen LogP) is 3.20. The zero-order valence-corrected chi connectivity index (χ0v) is 11.4. The normalized spacial score (nSPS) is 10.1. The van der Waals surface area contributed by atoms with Crippen LogP contribution in [0.2, 0.25) is 0 Å². The summed E-state index contributed by atoms with van der Waals surface area (Å²) >= 11 is 6.11. The largest absolute Gasteiger partial charge is 0.497 e. The Morgan fingerprint density at radius 3 is 2.74 bits per heavy atom. The molecule has 4 nitrogen and oxygen atoms in total. The van der Waals surface area contributed by atoms with Gasteiger partial charge in [0.1, 0.15) is 5.75 Å². The number of benzene rings is 1. The summed E-state index contributed by atoms with van der Waals surface area (Å²) in [5.41, 5.74) is 1.91. The monoisotopic (exact) mass is 276 g/mol. The van der Waals surface area contributed by atoms with E-state index >= 15 is 0 Å². The molecule has 1 aromatic carbocycles. The molecule has 0 saturated heterocycles. The molecule has 98 valence electrons. The number of rotatable bonds is 3. The number of aryl methyl sites for hydroxylation is 1. The van der Waals surface area contributed by atoms with Gasteiger partial charge in [-0.15, -0.1) is 0 Å². The molecule has 0 fully saturated rings. The molecule has 2 rings (SSSR count). The summed E-state index contributed by atoms with van der Waals surface area (Å²) in [5.74, 6) is 0.406. The highest BCUT2D eigenvalue weighted by Gasteiger charge is 2.17. The Morgan fingerprint density at radius 2 is 2.16 bits per heavy atom. The molecular weight excluding hydrogens is 264 g/mol. The van der Waals surface area contributed by atoms with Gasteiger partial charge in [-0.1, -0.05) is 0 Å². The SMILES string of the molecule is COc1ccc(N(Cl)C(=O)c2cccnc2)c(C)c1. The number of nitrogens with zero attached hydrogens (tertiary/aromatic N) is 2. The third-order valence-corrected chi connectivity index (χ3v) is 3.04. The van der Waals surface area contributed by atoms with Crippen molar-refractivity contribution in [3.05, 3.63) is 53.9 Å². The molecule has 0 N–H and O–H groups in total. The van der Waals surface area contributed by atoms with Crippen LogP contribution in [-0.4, -0.2) is 18.0 Å². The van der Waals surface area contributed by atoms with Crippen molar-refractivity contribution in [2.75, 3.05) is 11.5 Å². The first-order valence-electron chi connectivity index (χ1n) is 5.68. The van der Waals surface area contributed by atoms with Gasteiger partial charge in [-0.2, -0.15) is 0 Å². The van der Waals surface area contributed by atoms with E-state index in [2.05, 4.69) is 4.98 Å². The standard InChI is InChI=1S/C14H13ClN2O2/c1-10-8-12(19-2)5-6-13(10)17(15)14(18)11-4-3-7-16-9-11/h3-9H,1-2H3. The molecule has 0 atom stereocenters. The van der Waals surface area contributed by atoms with Crippen LogP contribution in [0.25, 0.3) is 0 Å². The van der Waals surface area contributed by atoms with Gasteiger partial charge in [0.2, 0.25) is 0 Å². The quantitative estimate of drug-likeness (QED) is 0.809. The predicted molar refractivity (Wildman–Crippen MR) is 74.6 cm³/mol. The van der Waals surface area contributed by atoms with Gasteiger partial charge in [0.15, 0.2) is 0 Å². The lowest BCUT2D eigenvalue weighted by Gasteiger charge is -2.16. The van der Waals surface area contributed by atoms with E-state index in [-0.39, 0.29) is 5.91 Å². The van der Waals surface area contributed by atoms with Gasteiger partial charge >= 0.3 is 0 Å². The van der Waals surface area contributed by atoms with Gasteiger partial charge in [-0.3, -0.25) is 9.78 Å². The molecule has 0 aliphatic carbocycles. The number of carbonyl (C=O) groups is 1. The second-order valence-electron chi connectivity index (χ2n) is 3.98. The second-order valence-corrected chi connectivity index (χ2v) is 4.32. The van der Waals surface area contributed by atoms with Crippen molar-refractivity contribution in [2.45, 2.75) is 6.92 Å². The summed E-state index contributed by atoms with van der Waals surface area (Å²) in [4.78, 5) is 16.1. The van der Waals surface area contributed by atoms with Gasteiger partial charge < -0.3 is 4.74 Å². The number of hydrogen-bond acceptors (Lipinski definition) is 3. The molecule has 0 bridgehead atoms. The lowest BCUT2D eigenvalue weighted by atomic mass is 10.1. The van der Waals surface area contributed by atoms with E-state index in [1.807, 2.05) is 13.0 Å². The number of methoxy groups -OCH3 is 1. The lowest BCUT2D eigenvalue weighted by Crippen LogP contribution is -2.21. The highest BCUT2D eigenvalue weighted by molar-refractivity contribution is 6.39. The maximum Gasteiger partial charge on any atom is 0.274 e. The van der Waals surface area contributed by atoms with Gasteiger partial charge in [0.05, 0.1) is 18.4 Å². The minimum Gasteiger partial charge on any atom is -0.497 e.